The summed E-state index contributed by atoms with van der Waals surface area (Å²) in [5.41, 5.74) is -0.0388. The molecule has 9 heteroatoms. The Hall–Kier alpha value is -2.39. The van der Waals surface area contributed by atoms with Gasteiger partial charge in [-0.15, -0.1) is 0 Å². The highest BCUT2D eigenvalue weighted by Crippen LogP contribution is 2.34. The summed E-state index contributed by atoms with van der Waals surface area (Å²) >= 11 is 0. The molecule has 29 heavy (non-hydrogen) atoms. The fraction of sp³-hybridized carbons (Fsp3) is 0.350. The summed E-state index contributed by atoms with van der Waals surface area (Å²) in [6.07, 6.45) is 0.509. The van der Waals surface area contributed by atoms with E-state index in [1.54, 1.807) is 19.1 Å². The molecule has 0 unspecified atom stereocenters. The Labute approximate surface area is 167 Å². The van der Waals surface area contributed by atoms with Crippen molar-refractivity contribution in [1.82, 2.24) is 9.62 Å². The van der Waals surface area contributed by atoms with Gasteiger partial charge >= 0.3 is 0 Å². The number of amides is 1. The number of rotatable bonds is 5. The Balaban J connectivity index is 1.63. The van der Waals surface area contributed by atoms with E-state index >= 15 is 0 Å². The van der Waals surface area contributed by atoms with Crippen molar-refractivity contribution in [3.05, 3.63) is 65.5 Å². The lowest BCUT2D eigenvalue weighted by Crippen LogP contribution is -2.48. The van der Waals surface area contributed by atoms with Crippen molar-refractivity contribution in [2.45, 2.75) is 31.2 Å². The third-order valence-corrected chi connectivity index (χ3v) is 7.18. The van der Waals surface area contributed by atoms with Gasteiger partial charge in [-0.1, -0.05) is 19.1 Å². The van der Waals surface area contributed by atoms with Gasteiger partial charge in [-0.05, 0) is 42.7 Å². The van der Waals surface area contributed by atoms with E-state index in [1.807, 2.05) is 0 Å². The number of hydrogen-bond acceptors (Lipinski definition) is 3. The van der Waals surface area contributed by atoms with Crippen molar-refractivity contribution in [1.29, 1.82) is 0 Å². The van der Waals surface area contributed by atoms with E-state index in [4.69, 9.17) is 0 Å². The van der Waals surface area contributed by atoms with Crippen LogP contribution in [0.3, 0.4) is 0 Å². The van der Waals surface area contributed by atoms with Gasteiger partial charge in [-0.2, -0.15) is 4.31 Å². The van der Waals surface area contributed by atoms with Crippen molar-refractivity contribution in [3.8, 4) is 0 Å². The largest absolute Gasteiger partial charge is 0.352 e. The van der Waals surface area contributed by atoms with Gasteiger partial charge in [0.05, 0.1) is 0 Å². The molecule has 2 aromatic carbocycles. The maximum absolute atomic E-state index is 13.9. The summed E-state index contributed by atoms with van der Waals surface area (Å²) in [5.74, 6) is -2.59. The Bertz CT molecular complexity index is 1000. The first kappa shape index (κ1) is 21.3. The first-order valence-electron chi connectivity index (χ1n) is 9.10. The number of carbonyl (C=O) groups is 1. The summed E-state index contributed by atoms with van der Waals surface area (Å²) < 4.78 is 66.4. The maximum Gasteiger partial charge on any atom is 0.245 e. The molecule has 2 aromatic rings. The highest BCUT2D eigenvalue weighted by molar-refractivity contribution is 7.89. The van der Waals surface area contributed by atoms with Gasteiger partial charge in [0, 0.05) is 31.1 Å². The van der Waals surface area contributed by atoms with E-state index in [1.165, 1.54) is 12.1 Å². The van der Waals surface area contributed by atoms with Gasteiger partial charge in [-0.3, -0.25) is 4.79 Å². The lowest BCUT2D eigenvalue weighted by molar-refractivity contribution is -0.132. The first-order valence-corrected chi connectivity index (χ1v) is 10.5. The SMILES string of the molecule is CC1(C(=O)NCc2ccc(F)cc2)CCN(S(=O)(=O)c2ccc(F)cc2F)CC1. The van der Waals surface area contributed by atoms with Crippen LogP contribution in [0.4, 0.5) is 13.2 Å². The number of piperidine rings is 1. The number of nitrogens with zero attached hydrogens (tertiary/aromatic N) is 1. The van der Waals surface area contributed by atoms with Gasteiger partial charge in [0.2, 0.25) is 15.9 Å². The Kier molecular flexibility index (Phi) is 6.00. The number of halogens is 3. The van der Waals surface area contributed by atoms with Crippen LogP contribution in [0.1, 0.15) is 25.3 Å². The molecule has 0 bridgehead atoms. The first-order chi connectivity index (χ1) is 13.6. The Morgan fingerprint density at radius 2 is 1.62 bits per heavy atom. The molecule has 0 spiro atoms. The molecular weight excluding hydrogens is 405 g/mol. The second-order valence-corrected chi connectivity index (χ2v) is 9.25. The minimum absolute atomic E-state index is 0.0413. The van der Waals surface area contributed by atoms with Gasteiger partial charge in [-0.25, -0.2) is 21.6 Å². The van der Waals surface area contributed by atoms with Crippen molar-refractivity contribution in [3.63, 3.8) is 0 Å². The third kappa shape index (κ3) is 4.62. The number of carbonyl (C=O) groups excluding carboxylic acids is 1. The summed E-state index contributed by atoms with van der Waals surface area (Å²) in [4.78, 5) is 12.0. The average molecular weight is 426 g/mol. The molecule has 1 fully saturated rings. The number of benzene rings is 2. The van der Waals surface area contributed by atoms with Crippen molar-refractivity contribution >= 4 is 15.9 Å². The second-order valence-electron chi connectivity index (χ2n) is 7.35. The molecule has 0 aliphatic carbocycles. The van der Waals surface area contributed by atoms with Crippen molar-refractivity contribution in [2.24, 2.45) is 5.41 Å². The summed E-state index contributed by atoms with van der Waals surface area (Å²) in [6, 6.07) is 8.09. The topological polar surface area (TPSA) is 66.5 Å². The smallest absolute Gasteiger partial charge is 0.245 e. The molecule has 1 amide bonds. The predicted molar refractivity (Wildman–Crippen MR) is 101 cm³/mol. The van der Waals surface area contributed by atoms with Gasteiger partial charge < -0.3 is 5.32 Å². The normalized spacial score (nSPS) is 17.1. The molecule has 3 rings (SSSR count). The zero-order valence-electron chi connectivity index (χ0n) is 15.8. The van der Waals surface area contributed by atoms with E-state index in [0.29, 0.717) is 6.07 Å². The molecule has 5 nitrogen and oxygen atoms in total. The van der Waals surface area contributed by atoms with Crippen molar-refractivity contribution in [2.75, 3.05) is 13.1 Å². The number of nitrogens with one attached hydrogen (secondary N) is 1. The highest BCUT2D eigenvalue weighted by atomic mass is 32.2. The van der Waals surface area contributed by atoms with Crippen LogP contribution in [-0.2, 0) is 21.4 Å². The maximum atomic E-state index is 13.9. The van der Waals surface area contributed by atoms with Crippen LogP contribution >= 0.6 is 0 Å². The fourth-order valence-corrected chi connectivity index (χ4v) is 4.76. The summed E-state index contributed by atoms with van der Waals surface area (Å²) in [7, 11) is -4.12. The predicted octanol–water partition coefficient (Wildman–Crippen LogP) is 3.21. The monoisotopic (exact) mass is 426 g/mol. The van der Waals surface area contributed by atoms with Crippen LogP contribution in [0.2, 0.25) is 0 Å². The number of hydrogen-bond donors (Lipinski definition) is 1. The second kappa shape index (κ2) is 8.16. The lowest BCUT2D eigenvalue weighted by Gasteiger charge is -2.37. The average Bonchev–Trinajstić information content (AvgIpc) is 2.67. The molecular formula is C20H21F3N2O3S. The van der Waals surface area contributed by atoms with Crippen LogP contribution in [-0.4, -0.2) is 31.7 Å². The molecule has 1 saturated heterocycles. The van der Waals surface area contributed by atoms with Crippen LogP contribution < -0.4 is 5.32 Å². The van der Waals surface area contributed by atoms with Gasteiger partial charge in [0.25, 0.3) is 0 Å². The van der Waals surface area contributed by atoms with Crippen LogP contribution in [0.25, 0.3) is 0 Å². The number of sulfonamides is 1. The zero-order chi connectivity index (χ0) is 21.2. The molecule has 0 aromatic heterocycles. The molecule has 1 N–H and O–H groups in total. The van der Waals surface area contributed by atoms with E-state index < -0.39 is 32.0 Å². The third-order valence-electron chi connectivity index (χ3n) is 5.25. The standard InChI is InChI=1S/C20H21F3N2O3S/c1-20(19(26)24-13-14-2-4-15(21)5-3-14)8-10-25(11-9-20)29(27,28)18-7-6-16(22)12-17(18)23/h2-7,12H,8-11,13H2,1H3,(H,24,26). The van der Waals surface area contributed by atoms with E-state index in [9.17, 15) is 26.4 Å². The zero-order valence-corrected chi connectivity index (χ0v) is 16.6. The minimum atomic E-state index is -4.12. The summed E-state index contributed by atoms with van der Waals surface area (Å²) in [6.45, 7) is 2.06. The van der Waals surface area contributed by atoms with E-state index in [-0.39, 0.29) is 44.2 Å². The van der Waals surface area contributed by atoms with Gasteiger partial charge in [0.1, 0.15) is 22.3 Å². The minimum Gasteiger partial charge on any atom is -0.352 e. The van der Waals surface area contributed by atoms with E-state index in [2.05, 4.69) is 5.32 Å². The molecule has 1 heterocycles. The van der Waals surface area contributed by atoms with Crippen LogP contribution in [0.15, 0.2) is 47.4 Å². The molecule has 156 valence electrons. The Morgan fingerprint density at radius 3 is 2.21 bits per heavy atom. The molecule has 0 atom stereocenters. The molecule has 0 radical (unpaired) electrons. The van der Waals surface area contributed by atoms with E-state index in [0.717, 1.165) is 22.0 Å². The van der Waals surface area contributed by atoms with Crippen LogP contribution in [0.5, 0.6) is 0 Å². The molecule has 0 saturated carbocycles. The Morgan fingerprint density at radius 1 is 1.03 bits per heavy atom. The fourth-order valence-electron chi connectivity index (χ4n) is 3.27. The summed E-state index contributed by atoms with van der Waals surface area (Å²) in [5, 5.41) is 2.80. The highest BCUT2D eigenvalue weighted by Gasteiger charge is 2.40. The quantitative estimate of drug-likeness (QED) is 0.799. The van der Waals surface area contributed by atoms with Crippen LogP contribution in [0, 0.1) is 22.9 Å². The molecule has 1 aliphatic heterocycles. The van der Waals surface area contributed by atoms with Gasteiger partial charge in [0.15, 0.2) is 0 Å². The molecule has 1 aliphatic rings. The van der Waals surface area contributed by atoms with Crippen molar-refractivity contribution < 1.29 is 26.4 Å². The lowest BCUT2D eigenvalue weighted by atomic mass is 9.80.